The van der Waals surface area contributed by atoms with Crippen molar-refractivity contribution >= 4 is 37.8 Å². The van der Waals surface area contributed by atoms with Gasteiger partial charge >= 0.3 is 0 Å². The molecule has 1 aliphatic heterocycles. The number of hydrogen-bond donors (Lipinski definition) is 1. The Labute approximate surface area is 136 Å². The minimum Gasteiger partial charge on any atom is -0.374 e. The number of carbonyl (C=O) groups is 1. The van der Waals surface area contributed by atoms with Crippen LogP contribution >= 0.6 is 31.9 Å². The summed E-state index contributed by atoms with van der Waals surface area (Å²) in [6.45, 7) is 6.28. The Kier molecular flexibility index (Phi) is 6.01. The summed E-state index contributed by atoms with van der Waals surface area (Å²) in [5.74, 6) is -0.0819. The smallest absolute Gasteiger partial charge is 0.252 e. The fourth-order valence-electron chi connectivity index (χ4n) is 2.17. The van der Waals surface area contributed by atoms with Gasteiger partial charge in [-0.15, -0.1) is 0 Å². The Bertz CT molecular complexity index is 482. The largest absolute Gasteiger partial charge is 0.374 e. The highest BCUT2D eigenvalue weighted by Gasteiger charge is 2.20. The second-order valence-corrected chi connectivity index (χ2v) is 6.49. The van der Waals surface area contributed by atoms with Crippen molar-refractivity contribution in [3.05, 3.63) is 32.7 Å². The molecular weight excluding hydrogens is 388 g/mol. The highest BCUT2D eigenvalue weighted by molar-refractivity contribution is 9.11. The van der Waals surface area contributed by atoms with E-state index in [9.17, 15) is 4.79 Å². The fraction of sp³-hybridized carbons (Fsp3) is 0.500. The van der Waals surface area contributed by atoms with Gasteiger partial charge in [0.1, 0.15) is 0 Å². The van der Waals surface area contributed by atoms with E-state index in [1.54, 1.807) is 6.07 Å². The number of ether oxygens (including phenoxy) is 1. The molecule has 1 saturated heterocycles. The molecular formula is C14H18Br2N2O2. The van der Waals surface area contributed by atoms with Gasteiger partial charge in [-0.25, -0.2) is 0 Å². The number of halogens is 2. The SMILES string of the molecule is CCN1CCOC(CNC(=O)c2ccc(Br)cc2Br)C1. The van der Waals surface area contributed by atoms with Gasteiger partial charge < -0.3 is 10.1 Å². The predicted molar refractivity (Wildman–Crippen MR) is 86.0 cm³/mol. The monoisotopic (exact) mass is 404 g/mol. The molecule has 1 heterocycles. The van der Waals surface area contributed by atoms with Gasteiger partial charge in [-0.3, -0.25) is 9.69 Å². The van der Waals surface area contributed by atoms with Gasteiger partial charge in [0.25, 0.3) is 5.91 Å². The maximum Gasteiger partial charge on any atom is 0.252 e. The Hall–Kier alpha value is -0.430. The number of nitrogens with zero attached hydrogens (tertiary/aromatic N) is 1. The third-order valence-corrected chi connectivity index (χ3v) is 4.49. The molecule has 1 unspecified atom stereocenters. The number of likely N-dealkylation sites (N-methyl/N-ethyl adjacent to an activating group) is 1. The van der Waals surface area contributed by atoms with Gasteiger partial charge in [0.15, 0.2) is 0 Å². The zero-order chi connectivity index (χ0) is 14.5. The molecule has 110 valence electrons. The zero-order valence-corrected chi connectivity index (χ0v) is 14.5. The van der Waals surface area contributed by atoms with Crippen molar-refractivity contribution in [2.24, 2.45) is 0 Å². The van der Waals surface area contributed by atoms with Crippen molar-refractivity contribution in [2.45, 2.75) is 13.0 Å². The quantitative estimate of drug-likeness (QED) is 0.837. The average molecular weight is 406 g/mol. The van der Waals surface area contributed by atoms with Gasteiger partial charge in [0.2, 0.25) is 0 Å². The first kappa shape index (κ1) is 15.9. The van der Waals surface area contributed by atoms with E-state index < -0.39 is 0 Å². The first-order valence-corrected chi connectivity index (χ1v) is 8.26. The van der Waals surface area contributed by atoms with E-state index in [2.05, 4.69) is 49.0 Å². The lowest BCUT2D eigenvalue weighted by atomic mass is 10.2. The normalized spacial score (nSPS) is 19.9. The lowest BCUT2D eigenvalue weighted by molar-refractivity contribution is -0.0246. The molecule has 0 spiro atoms. The van der Waals surface area contributed by atoms with E-state index in [4.69, 9.17) is 4.74 Å². The topological polar surface area (TPSA) is 41.6 Å². The maximum atomic E-state index is 12.1. The fourth-order valence-corrected chi connectivity index (χ4v) is 3.39. The van der Waals surface area contributed by atoms with E-state index in [1.165, 1.54) is 0 Å². The van der Waals surface area contributed by atoms with Crippen molar-refractivity contribution in [3.8, 4) is 0 Å². The number of morpholine rings is 1. The van der Waals surface area contributed by atoms with Crippen LogP contribution in [0.4, 0.5) is 0 Å². The molecule has 1 amide bonds. The van der Waals surface area contributed by atoms with Crippen LogP contribution in [0.15, 0.2) is 27.1 Å². The third-order valence-electron chi connectivity index (χ3n) is 3.34. The Morgan fingerprint density at radius 3 is 3.00 bits per heavy atom. The van der Waals surface area contributed by atoms with Crippen molar-refractivity contribution in [1.82, 2.24) is 10.2 Å². The van der Waals surface area contributed by atoms with E-state index in [0.29, 0.717) is 12.1 Å². The van der Waals surface area contributed by atoms with Crippen molar-refractivity contribution in [1.29, 1.82) is 0 Å². The second-order valence-electron chi connectivity index (χ2n) is 4.72. The summed E-state index contributed by atoms with van der Waals surface area (Å²) in [5.41, 5.74) is 0.636. The van der Waals surface area contributed by atoms with Crippen LogP contribution in [-0.4, -0.2) is 49.7 Å². The molecule has 1 aromatic carbocycles. The lowest BCUT2D eigenvalue weighted by Crippen LogP contribution is -2.47. The lowest BCUT2D eigenvalue weighted by Gasteiger charge is -2.32. The highest BCUT2D eigenvalue weighted by Crippen LogP contribution is 2.21. The molecule has 0 aromatic heterocycles. The Morgan fingerprint density at radius 1 is 1.50 bits per heavy atom. The average Bonchev–Trinajstić information content (AvgIpc) is 2.45. The van der Waals surface area contributed by atoms with Gasteiger partial charge in [-0.2, -0.15) is 0 Å². The van der Waals surface area contributed by atoms with Gasteiger partial charge in [0, 0.05) is 28.6 Å². The minimum absolute atomic E-state index is 0.0712. The summed E-state index contributed by atoms with van der Waals surface area (Å²) in [4.78, 5) is 14.5. The van der Waals surface area contributed by atoms with Gasteiger partial charge in [0.05, 0.1) is 18.3 Å². The summed E-state index contributed by atoms with van der Waals surface area (Å²) in [6.07, 6.45) is 0.0712. The van der Waals surface area contributed by atoms with Crippen molar-refractivity contribution < 1.29 is 9.53 Å². The van der Waals surface area contributed by atoms with Crippen LogP contribution in [0.25, 0.3) is 0 Å². The van der Waals surface area contributed by atoms with E-state index in [0.717, 1.165) is 35.2 Å². The van der Waals surface area contributed by atoms with Crippen molar-refractivity contribution in [3.63, 3.8) is 0 Å². The van der Waals surface area contributed by atoms with Gasteiger partial charge in [-0.05, 0) is 40.7 Å². The summed E-state index contributed by atoms with van der Waals surface area (Å²) in [7, 11) is 0. The highest BCUT2D eigenvalue weighted by atomic mass is 79.9. The van der Waals surface area contributed by atoms with Crippen molar-refractivity contribution in [2.75, 3.05) is 32.8 Å². The number of benzene rings is 1. The molecule has 1 aliphatic rings. The summed E-state index contributed by atoms with van der Waals surface area (Å²) < 4.78 is 7.39. The number of amides is 1. The molecule has 1 N–H and O–H groups in total. The summed E-state index contributed by atoms with van der Waals surface area (Å²) in [6, 6.07) is 5.52. The molecule has 0 saturated carbocycles. The third kappa shape index (κ3) is 4.28. The van der Waals surface area contributed by atoms with E-state index in [1.807, 2.05) is 12.1 Å². The molecule has 1 fully saturated rings. The molecule has 4 nitrogen and oxygen atoms in total. The van der Waals surface area contributed by atoms with Crippen LogP contribution < -0.4 is 5.32 Å². The maximum absolute atomic E-state index is 12.1. The zero-order valence-electron chi connectivity index (χ0n) is 11.4. The first-order chi connectivity index (χ1) is 9.60. The number of rotatable bonds is 4. The molecule has 20 heavy (non-hydrogen) atoms. The van der Waals surface area contributed by atoms with Crippen LogP contribution in [0.5, 0.6) is 0 Å². The van der Waals surface area contributed by atoms with E-state index in [-0.39, 0.29) is 12.0 Å². The second kappa shape index (κ2) is 7.54. The molecule has 2 rings (SSSR count). The van der Waals surface area contributed by atoms with Gasteiger partial charge in [-0.1, -0.05) is 22.9 Å². The standard InChI is InChI=1S/C14H18Br2N2O2/c1-2-18-5-6-20-11(9-18)8-17-14(19)12-4-3-10(15)7-13(12)16/h3-4,7,11H,2,5-6,8-9H2,1H3,(H,17,19). The molecule has 1 atom stereocenters. The molecule has 0 aliphatic carbocycles. The molecule has 1 aromatic rings. The minimum atomic E-state index is -0.0819. The predicted octanol–water partition coefficient (Wildman–Crippen LogP) is 2.66. The number of nitrogens with one attached hydrogen (secondary N) is 1. The summed E-state index contributed by atoms with van der Waals surface area (Å²) in [5, 5.41) is 2.94. The Morgan fingerprint density at radius 2 is 2.30 bits per heavy atom. The Balaban J connectivity index is 1.88. The molecule has 0 radical (unpaired) electrons. The van der Waals surface area contributed by atoms with Crippen LogP contribution in [0.3, 0.4) is 0 Å². The molecule has 6 heteroatoms. The van der Waals surface area contributed by atoms with Crippen LogP contribution in [-0.2, 0) is 4.74 Å². The number of hydrogen-bond acceptors (Lipinski definition) is 3. The number of carbonyl (C=O) groups excluding carboxylic acids is 1. The van der Waals surface area contributed by atoms with Crippen LogP contribution in [0.2, 0.25) is 0 Å². The van der Waals surface area contributed by atoms with Crippen LogP contribution in [0, 0.1) is 0 Å². The van der Waals surface area contributed by atoms with E-state index >= 15 is 0 Å². The van der Waals surface area contributed by atoms with Crippen LogP contribution in [0.1, 0.15) is 17.3 Å². The first-order valence-electron chi connectivity index (χ1n) is 6.67. The summed E-state index contributed by atoms with van der Waals surface area (Å²) >= 11 is 6.78. The molecule has 0 bridgehead atoms.